The van der Waals surface area contributed by atoms with Crippen LogP contribution >= 0.6 is 12.4 Å². The van der Waals surface area contributed by atoms with Gasteiger partial charge in [0.25, 0.3) is 0 Å². The number of rotatable bonds is 4. The Balaban J connectivity index is 0.00000196. The van der Waals surface area contributed by atoms with Crippen LogP contribution in [0.1, 0.15) is 11.1 Å². The number of nitriles is 1. The van der Waals surface area contributed by atoms with E-state index in [9.17, 15) is 0 Å². The van der Waals surface area contributed by atoms with Gasteiger partial charge in [0.1, 0.15) is 0 Å². The molecule has 0 radical (unpaired) electrons. The number of halogens is 1. The molecule has 3 nitrogen and oxygen atoms in total. The highest BCUT2D eigenvalue weighted by Gasteiger charge is 2.02. The summed E-state index contributed by atoms with van der Waals surface area (Å²) in [6, 6.07) is 9.55. The summed E-state index contributed by atoms with van der Waals surface area (Å²) in [7, 11) is 1.64. The molecule has 0 fully saturated rings. The van der Waals surface area contributed by atoms with Crippen molar-refractivity contribution >= 4 is 12.4 Å². The largest absolute Gasteiger partial charge is 0.383 e. The molecule has 1 atom stereocenters. The highest BCUT2D eigenvalue weighted by molar-refractivity contribution is 5.85. The summed E-state index contributed by atoms with van der Waals surface area (Å²) < 4.78 is 4.94. The Morgan fingerprint density at radius 1 is 1.40 bits per heavy atom. The lowest BCUT2D eigenvalue weighted by Crippen LogP contribution is -2.27. The SMILES string of the molecule is COC[C@H](N)Cc1ccc(C#N)cc1.Cl. The van der Waals surface area contributed by atoms with E-state index in [0.29, 0.717) is 12.2 Å². The van der Waals surface area contributed by atoms with E-state index in [1.54, 1.807) is 19.2 Å². The van der Waals surface area contributed by atoms with Crippen molar-refractivity contribution in [3.8, 4) is 6.07 Å². The van der Waals surface area contributed by atoms with Crippen LogP contribution in [0.2, 0.25) is 0 Å². The molecule has 0 bridgehead atoms. The summed E-state index contributed by atoms with van der Waals surface area (Å²) in [6.45, 7) is 0.556. The lowest BCUT2D eigenvalue weighted by Gasteiger charge is -2.09. The minimum Gasteiger partial charge on any atom is -0.383 e. The molecule has 2 N–H and O–H groups in total. The quantitative estimate of drug-likeness (QED) is 0.847. The third kappa shape index (κ3) is 4.80. The average Bonchev–Trinajstić information content (AvgIpc) is 2.19. The van der Waals surface area contributed by atoms with Crippen LogP contribution in [-0.2, 0) is 11.2 Å². The first-order valence-corrected chi connectivity index (χ1v) is 4.50. The second kappa shape index (κ2) is 7.24. The van der Waals surface area contributed by atoms with E-state index >= 15 is 0 Å². The summed E-state index contributed by atoms with van der Waals surface area (Å²) in [6.07, 6.45) is 0.777. The van der Waals surface area contributed by atoms with Crippen molar-refractivity contribution in [2.45, 2.75) is 12.5 Å². The molecule has 1 aromatic carbocycles. The second-order valence-electron chi connectivity index (χ2n) is 3.23. The molecule has 1 aromatic rings. The van der Waals surface area contributed by atoms with Crippen LogP contribution in [0.5, 0.6) is 0 Å². The Morgan fingerprint density at radius 3 is 2.47 bits per heavy atom. The van der Waals surface area contributed by atoms with E-state index in [1.165, 1.54) is 0 Å². The third-order valence-electron chi connectivity index (χ3n) is 1.96. The highest BCUT2D eigenvalue weighted by Crippen LogP contribution is 2.05. The van der Waals surface area contributed by atoms with Crippen LogP contribution in [0.15, 0.2) is 24.3 Å². The van der Waals surface area contributed by atoms with Crippen molar-refractivity contribution in [2.75, 3.05) is 13.7 Å². The van der Waals surface area contributed by atoms with Crippen molar-refractivity contribution in [1.29, 1.82) is 5.26 Å². The Hall–Kier alpha value is -1.08. The Bertz CT molecular complexity index is 318. The molecule has 82 valence electrons. The van der Waals surface area contributed by atoms with Gasteiger partial charge in [-0.05, 0) is 24.1 Å². The Kier molecular flexibility index (Phi) is 6.72. The van der Waals surface area contributed by atoms with Gasteiger partial charge in [0.2, 0.25) is 0 Å². The highest BCUT2D eigenvalue weighted by atomic mass is 35.5. The van der Waals surface area contributed by atoms with Gasteiger partial charge in [-0.3, -0.25) is 0 Å². The van der Waals surface area contributed by atoms with Crippen LogP contribution in [-0.4, -0.2) is 19.8 Å². The number of benzene rings is 1. The molecule has 4 heteroatoms. The molecule has 1 rings (SSSR count). The number of nitrogens with zero attached hydrogens (tertiary/aromatic N) is 1. The second-order valence-corrected chi connectivity index (χ2v) is 3.23. The first-order valence-electron chi connectivity index (χ1n) is 4.50. The van der Waals surface area contributed by atoms with Gasteiger partial charge in [-0.1, -0.05) is 12.1 Å². The summed E-state index contributed by atoms with van der Waals surface area (Å²) in [5.41, 5.74) is 7.60. The van der Waals surface area contributed by atoms with E-state index in [4.69, 9.17) is 15.7 Å². The van der Waals surface area contributed by atoms with Crippen molar-refractivity contribution in [3.63, 3.8) is 0 Å². The van der Waals surface area contributed by atoms with Crippen LogP contribution in [0.4, 0.5) is 0 Å². The zero-order valence-corrected chi connectivity index (χ0v) is 9.46. The molecule has 0 aliphatic rings. The Morgan fingerprint density at radius 2 is 2.00 bits per heavy atom. The van der Waals surface area contributed by atoms with Crippen molar-refractivity contribution < 1.29 is 4.74 Å². The third-order valence-corrected chi connectivity index (χ3v) is 1.96. The van der Waals surface area contributed by atoms with E-state index in [1.807, 2.05) is 12.1 Å². The van der Waals surface area contributed by atoms with Gasteiger partial charge in [-0.25, -0.2) is 0 Å². The predicted octanol–water partition coefficient (Wildman–Crippen LogP) is 1.50. The van der Waals surface area contributed by atoms with E-state index in [2.05, 4.69) is 6.07 Å². The average molecular weight is 227 g/mol. The minimum atomic E-state index is 0. The lowest BCUT2D eigenvalue weighted by molar-refractivity contribution is 0.180. The summed E-state index contributed by atoms with van der Waals surface area (Å²) in [5.74, 6) is 0. The molecular weight excluding hydrogens is 212 g/mol. The standard InChI is InChI=1S/C11H14N2O.ClH/c1-14-8-11(13)6-9-2-4-10(7-12)5-3-9;/h2-5,11H,6,8,13H2,1H3;1H/t11-;/m1./s1. The summed E-state index contributed by atoms with van der Waals surface area (Å²) >= 11 is 0. The molecular formula is C11H15ClN2O. The number of methoxy groups -OCH3 is 1. The van der Waals surface area contributed by atoms with Gasteiger partial charge in [-0.2, -0.15) is 5.26 Å². The molecule has 0 aromatic heterocycles. The molecule has 15 heavy (non-hydrogen) atoms. The zero-order chi connectivity index (χ0) is 10.4. The number of nitrogens with two attached hydrogens (primary N) is 1. The van der Waals surface area contributed by atoms with Crippen molar-refractivity contribution in [2.24, 2.45) is 5.73 Å². The lowest BCUT2D eigenvalue weighted by atomic mass is 10.1. The number of hydrogen-bond donors (Lipinski definition) is 1. The fraction of sp³-hybridized carbons (Fsp3) is 0.364. The summed E-state index contributed by atoms with van der Waals surface area (Å²) in [5, 5.41) is 8.60. The van der Waals surface area contributed by atoms with Gasteiger partial charge in [0.15, 0.2) is 0 Å². The fourth-order valence-corrected chi connectivity index (χ4v) is 1.29. The smallest absolute Gasteiger partial charge is 0.0991 e. The van der Waals surface area contributed by atoms with E-state index in [0.717, 1.165) is 12.0 Å². The van der Waals surface area contributed by atoms with Crippen LogP contribution in [0, 0.1) is 11.3 Å². The zero-order valence-electron chi connectivity index (χ0n) is 8.64. The van der Waals surface area contributed by atoms with Gasteiger partial charge < -0.3 is 10.5 Å². The number of hydrogen-bond acceptors (Lipinski definition) is 3. The minimum absolute atomic E-state index is 0. The van der Waals surface area contributed by atoms with Gasteiger partial charge in [0.05, 0.1) is 18.2 Å². The maximum absolute atomic E-state index is 8.60. The first-order chi connectivity index (χ1) is 6.76. The normalized spacial score (nSPS) is 11.3. The molecule has 0 aliphatic heterocycles. The van der Waals surface area contributed by atoms with Crippen LogP contribution in [0.3, 0.4) is 0 Å². The molecule has 0 saturated heterocycles. The van der Waals surface area contributed by atoms with Crippen LogP contribution < -0.4 is 5.73 Å². The van der Waals surface area contributed by atoms with Crippen molar-refractivity contribution in [3.05, 3.63) is 35.4 Å². The predicted molar refractivity (Wildman–Crippen MR) is 62.0 cm³/mol. The van der Waals surface area contributed by atoms with Crippen molar-refractivity contribution in [1.82, 2.24) is 0 Å². The molecule has 0 heterocycles. The maximum atomic E-state index is 8.60. The molecule has 0 saturated carbocycles. The molecule has 0 amide bonds. The molecule has 0 spiro atoms. The summed E-state index contributed by atoms with van der Waals surface area (Å²) in [4.78, 5) is 0. The van der Waals surface area contributed by atoms with E-state index < -0.39 is 0 Å². The molecule has 0 aliphatic carbocycles. The molecule has 0 unspecified atom stereocenters. The van der Waals surface area contributed by atoms with E-state index in [-0.39, 0.29) is 18.4 Å². The topological polar surface area (TPSA) is 59.0 Å². The fourth-order valence-electron chi connectivity index (χ4n) is 1.29. The van der Waals surface area contributed by atoms with Gasteiger partial charge >= 0.3 is 0 Å². The Labute approximate surface area is 96.3 Å². The van der Waals surface area contributed by atoms with Gasteiger partial charge in [-0.15, -0.1) is 12.4 Å². The first kappa shape index (κ1) is 13.9. The van der Waals surface area contributed by atoms with Gasteiger partial charge in [0, 0.05) is 13.2 Å². The maximum Gasteiger partial charge on any atom is 0.0991 e. The monoisotopic (exact) mass is 226 g/mol. The van der Waals surface area contributed by atoms with Crippen LogP contribution in [0.25, 0.3) is 0 Å². The number of ether oxygens (including phenoxy) is 1.